The second-order valence-electron chi connectivity index (χ2n) is 6.21. The topological polar surface area (TPSA) is 41.6 Å². The first kappa shape index (κ1) is 13.4. The lowest BCUT2D eigenvalue weighted by atomic mass is 9.89. The number of hydrogen-bond donors (Lipinski definition) is 1. The second kappa shape index (κ2) is 5.09. The van der Waals surface area contributed by atoms with Crippen LogP contribution in [-0.4, -0.2) is 42.6 Å². The summed E-state index contributed by atoms with van der Waals surface area (Å²) in [6, 6.07) is 7.92. The Bertz CT molecular complexity index is 513. The first-order valence-corrected chi connectivity index (χ1v) is 7.33. The quantitative estimate of drug-likeness (QED) is 0.848. The van der Waals surface area contributed by atoms with E-state index >= 15 is 0 Å². The lowest BCUT2D eigenvalue weighted by molar-refractivity contribution is -0.140. The van der Waals surface area contributed by atoms with Crippen LogP contribution in [0.25, 0.3) is 0 Å². The molecule has 20 heavy (non-hydrogen) atoms. The van der Waals surface area contributed by atoms with Crippen LogP contribution in [0.1, 0.15) is 31.7 Å². The molecule has 108 valence electrons. The monoisotopic (exact) mass is 274 g/mol. The molecule has 4 heteroatoms. The van der Waals surface area contributed by atoms with Crippen molar-refractivity contribution in [1.82, 2.24) is 10.2 Å². The van der Waals surface area contributed by atoms with Gasteiger partial charge in [-0.25, -0.2) is 0 Å². The lowest BCUT2D eigenvalue weighted by Crippen LogP contribution is -2.60. The van der Waals surface area contributed by atoms with Gasteiger partial charge in [0, 0.05) is 30.7 Å². The van der Waals surface area contributed by atoms with E-state index in [2.05, 4.69) is 19.2 Å². The Labute approximate surface area is 120 Å². The van der Waals surface area contributed by atoms with Crippen LogP contribution in [0.15, 0.2) is 24.3 Å². The first-order chi connectivity index (χ1) is 9.59. The van der Waals surface area contributed by atoms with Crippen molar-refractivity contribution in [2.24, 2.45) is 0 Å². The average molecular weight is 274 g/mol. The van der Waals surface area contributed by atoms with E-state index < -0.39 is 0 Å². The van der Waals surface area contributed by atoms with Gasteiger partial charge in [0.25, 0.3) is 0 Å². The number of nitrogens with one attached hydrogen (secondary N) is 1. The summed E-state index contributed by atoms with van der Waals surface area (Å²) >= 11 is 0. The van der Waals surface area contributed by atoms with E-state index in [1.165, 1.54) is 0 Å². The van der Waals surface area contributed by atoms with E-state index in [-0.39, 0.29) is 17.4 Å². The fourth-order valence-corrected chi connectivity index (χ4v) is 3.18. The predicted octanol–water partition coefficient (Wildman–Crippen LogP) is 1.76. The minimum atomic E-state index is -0.122. The van der Waals surface area contributed by atoms with Crippen molar-refractivity contribution in [2.75, 3.05) is 26.2 Å². The SMILES string of the molecule is CC1(C)CNCCN1C(=O)C1CCOc2ccccc21. The number of ether oxygens (including phenoxy) is 1. The number of piperazine rings is 1. The molecule has 1 atom stereocenters. The van der Waals surface area contributed by atoms with Crippen molar-refractivity contribution < 1.29 is 9.53 Å². The smallest absolute Gasteiger partial charge is 0.230 e. The van der Waals surface area contributed by atoms with Gasteiger partial charge in [0.05, 0.1) is 12.5 Å². The van der Waals surface area contributed by atoms with Crippen molar-refractivity contribution in [3.05, 3.63) is 29.8 Å². The Balaban J connectivity index is 1.88. The van der Waals surface area contributed by atoms with Gasteiger partial charge in [0.15, 0.2) is 0 Å². The van der Waals surface area contributed by atoms with Crippen molar-refractivity contribution in [2.45, 2.75) is 31.7 Å². The van der Waals surface area contributed by atoms with Crippen LogP contribution in [0.4, 0.5) is 0 Å². The number of nitrogens with zero attached hydrogens (tertiary/aromatic N) is 1. The molecule has 1 fully saturated rings. The van der Waals surface area contributed by atoms with Gasteiger partial charge in [0.2, 0.25) is 5.91 Å². The van der Waals surface area contributed by atoms with E-state index in [4.69, 9.17) is 4.74 Å². The number of fused-ring (bicyclic) bond motifs is 1. The molecule has 0 aromatic heterocycles. The molecule has 0 spiro atoms. The molecule has 1 unspecified atom stereocenters. The van der Waals surface area contributed by atoms with Crippen LogP contribution < -0.4 is 10.1 Å². The number of hydrogen-bond acceptors (Lipinski definition) is 3. The highest BCUT2D eigenvalue weighted by molar-refractivity contribution is 5.85. The van der Waals surface area contributed by atoms with Gasteiger partial charge in [-0.1, -0.05) is 18.2 Å². The summed E-state index contributed by atoms with van der Waals surface area (Å²) in [5, 5.41) is 3.36. The zero-order chi connectivity index (χ0) is 14.2. The highest BCUT2D eigenvalue weighted by atomic mass is 16.5. The predicted molar refractivity (Wildman–Crippen MR) is 78.0 cm³/mol. The number of rotatable bonds is 1. The maximum Gasteiger partial charge on any atom is 0.230 e. The van der Waals surface area contributed by atoms with Crippen LogP contribution in [0.5, 0.6) is 5.75 Å². The molecule has 1 aromatic rings. The standard InChI is InChI=1S/C16H22N2O2/c1-16(2)11-17-8-9-18(16)15(19)13-7-10-20-14-6-4-3-5-12(13)14/h3-6,13,17H,7-11H2,1-2H3. The zero-order valence-electron chi connectivity index (χ0n) is 12.2. The van der Waals surface area contributed by atoms with E-state index in [0.29, 0.717) is 6.61 Å². The fourth-order valence-electron chi connectivity index (χ4n) is 3.18. The van der Waals surface area contributed by atoms with Gasteiger partial charge in [-0.2, -0.15) is 0 Å². The van der Waals surface area contributed by atoms with Crippen LogP contribution in [-0.2, 0) is 4.79 Å². The average Bonchev–Trinajstić information content (AvgIpc) is 2.45. The summed E-state index contributed by atoms with van der Waals surface area (Å²) in [4.78, 5) is 15.0. The molecule has 1 saturated heterocycles. The van der Waals surface area contributed by atoms with Gasteiger partial charge in [-0.15, -0.1) is 0 Å². The number of carbonyl (C=O) groups is 1. The summed E-state index contributed by atoms with van der Waals surface area (Å²) in [6.45, 7) is 7.39. The second-order valence-corrected chi connectivity index (χ2v) is 6.21. The molecule has 2 aliphatic rings. The number of carbonyl (C=O) groups excluding carboxylic acids is 1. The third kappa shape index (κ3) is 2.29. The van der Waals surface area contributed by atoms with Gasteiger partial charge in [-0.3, -0.25) is 4.79 Å². The number of para-hydroxylation sites is 1. The lowest BCUT2D eigenvalue weighted by Gasteiger charge is -2.44. The molecule has 0 saturated carbocycles. The Kier molecular flexibility index (Phi) is 3.42. The molecule has 0 radical (unpaired) electrons. The third-order valence-electron chi connectivity index (χ3n) is 4.32. The molecular formula is C16H22N2O2. The highest BCUT2D eigenvalue weighted by Crippen LogP contribution is 2.36. The number of amides is 1. The minimum absolute atomic E-state index is 0.0580. The summed E-state index contributed by atoms with van der Waals surface area (Å²) in [5.41, 5.74) is 0.917. The van der Waals surface area contributed by atoms with Gasteiger partial charge >= 0.3 is 0 Å². The highest BCUT2D eigenvalue weighted by Gasteiger charge is 2.38. The molecular weight excluding hydrogens is 252 g/mol. The molecule has 1 N–H and O–H groups in total. The molecule has 3 rings (SSSR count). The Morgan fingerprint density at radius 3 is 3.00 bits per heavy atom. The molecule has 2 aliphatic heterocycles. The zero-order valence-corrected chi connectivity index (χ0v) is 12.2. The molecule has 0 bridgehead atoms. The third-order valence-corrected chi connectivity index (χ3v) is 4.32. The minimum Gasteiger partial charge on any atom is -0.493 e. The summed E-state index contributed by atoms with van der Waals surface area (Å²) < 4.78 is 5.66. The van der Waals surface area contributed by atoms with E-state index in [0.717, 1.165) is 37.4 Å². The Morgan fingerprint density at radius 1 is 1.40 bits per heavy atom. The van der Waals surface area contributed by atoms with Gasteiger partial charge in [-0.05, 0) is 26.3 Å². The van der Waals surface area contributed by atoms with Crippen molar-refractivity contribution in [3.63, 3.8) is 0 Å². The largest absolute Gasteiger partial charge is 0.493 e. The summed E-state index contributed by atoms with van der Waals surface area (Å²) in [6.07, 6.45) is 0.774. The van der Waals surface area contributed by atoms with Crippen LogP contribution >= 0.6 is 0 Å². The number of benzene rings is 1. The van der Waals surface area contributed by atoms with Crippen molar-refractivity contribution >= 4 is 5.91 Å². The maximum atomic E-state index is 13.0. The molecule has 2 heterocycles. The van der Waals surface area contributed by atoms with Crippen molar-refractivity contribution in [3.8, 4) is 5.75 Å². The van der Waals surface area contributed by atoms with Crippen LogP contribution in [0.2, 0.25) is 0 Å². The van der Waals surface area contributed by atoms with Crippen molar-refractivity contribution in [1.29, 1.82) is 0 Å². The fraction of sp³-hybridized carbons (Fsp3) is 0.562. The molecule has 4 nitrogen and oxygen atoms in total. The summed E-state index contributed by atoms with van der Waals surface area (Å²) in [5.74, 6) is 1.05. The Morgan fingerprint density at radius 2 is 2.20 bits per heavy atom. The molecule has 1 amide bonds. The van der Waals surface area contributed by atoms with Crippen LogP contribution in [0.3, 0.4) is 0 Å². The van der Waals surface area contributed by atoms with Gasteiger partial charge in [0.1, 0.15) is 5.75 Å². The Hall–Kier alpha value is -1.55. The van der Waals surface area contributed by atoms with E-state index in [1.54, 1.807) is 0 Å². The maximum absolute atomic E-state index is 13.0. The van der Waals surface area contributed by atoms with E-state index in [9.17, 15) is 4.79 Å². The normalized spacial score (nSPS) is 24.7. The summed E-state index contributed by atoms with van der Waals surface area (Å²) in [7, 11) is 0. The first-order valence-electron chi connectivity index (χ1n) is 7.33. The van der Waals surface area contributed by atoms with Gasteiger partial charge < -0.3 is 15.0 Å². The van der Waals surface area contributed by atoms with E-state index in [1.807, 2.05) is 29.2 Å². The van der Waals surface area contributed by atoms with Crippen LogP contribution in [0, 0.1) is 0 Å². The molecule has 0 aliphatic carbocycles. The molecule has 1 aromatic carbocycles.